The van der Waals surface area contributed by atoms with E-state index < -0.39 is 11.4 Å². The summed E-state index contributed by atoms with van der Waals surface area (Å²) in [5.41, 5.74) is -0.717. The normalized spacial score (nSPS) is 22.9. The molecule has 2 amide bonds. The lowest BCUT2D eigenvalue weighted by Crippen LogP contribution is -2.50. The van der Waals surface area contributed by atoms with Gasteiger partial charge in [-0.15, -0.1) is 0 Å². The summed E-state index contributed by atoms with van der Waals surface area (Å²) in [4.78, 5) is 25.2. The summed E-state index contributed by atoms with van der Waals surface area (Å²) >= 11 is 0. The van der Waals surface area contributed by atoms with Crippen LogP contribution in [0.25, 0.3) is 0 Å². The standard InChI is InChI=1S/C14H25N3O3/c1-17-7-3-11(4-8-17)9-15-13(20)16-10-14(12(18)19)5-2-6-14/h11H,2-10H2,1H3,(H,18,19)(H2,15,16,20). The molecule has 0 radical (unpaired) electrons. The summed E-state index contributed by atoms with van der Waals surface area (Å²) in [5, 5.41) is 14.8. The number of amides is 2. The van der Waals surface area contributed by atoms with Crippen LogP contribution >= 0.6 is 0 Å². The number of hydrogen-bond donors (Lipinski definition) is 3. The van der Waals surface area contributed by atoms with E-state index in [0.717, 1.165) is 32.4 Å². The average Bonchev–Trinajstić information content (AvgIpc) is 2.36. The van der Waals surface area contributed by atoms with Crippen molar-refractivity contribution in [2.24, 2.45) is 11.3 Å². The number of carboxylic acid groups (broad SMARTS) is 1. The van der Waals surface area contributed by atoms with Gasteiger partial charge in [-0.2, -0.15) is 0 Å². The molecule has 2 rings (SSSR count). The van der Waals surface area contributed by atoms with E-state index in [9.17, 15) is 14.7 Å². The number of piperidine rings is 1. The largest absolute Gasteiger partial charge is 0.481 e. The molecule has 0 aromatic heterocycles. The predicted molar refractivity (Wildman–Crippen MR) is 75.5 cm³/mol. The van der Waals surface area contributed by atoms with Gasteiger partial charge in [0.1, 0.15) is 0 Å². The maximum Gasteiger partial charge on any atom is 0.314 e. The Kier molecular flexibility index (Phi) is 4.86. The number of carbonyl (C=O) groups excluding carboxylic acids is 1. The zero-order valence-corrected chi connectivity index (χ0v) is 12.2. The van der Waals surface area contributed by atoms with Crippen molar-refractivity contribution in [3.05, 3.63) is 0 Å². The van der Waals surface area contributed by atoms with Crippen LogP contribution in [0.1, 0.15) is 32.1 Å². The number of carboxylic acids is 1. The molecule has 114 valence electrons. The molecule has 6 nitrogen and oxygen atoms in total. The Hall–Kier alpha value is -1.30. The van der Waals surface area contributed by atoms with Crippen molar-refractivity contribution in [2.75, 3.05) is 33.2 Å². The van der Waals surface area contributed by atoms with E-state index in [1.165, 1.54) is 0 Å². The minimum atomic E-state index is -0.792. The van der Waals surface area contributed by atoms with Crippen molar-refractivity contribution in [3.8, 4) is 0 Å². The van der Waals surface area contributed by atoms with E-state index in [2.05, 4.69) is 22.6 Å². The molecule has 0 spiro atoms. The van der Waals surface area contributed by atoms with Crippen molar-refractivity contribution >= 4 is 12.0 Å². The topological polar surface area (TPSA) is 81.7 Å². The first kappa shape index (κ1) is 15.1. The Morgan fingerprint density at radius 2 is 1.90 bits per heavy atom. The van der Waals surface area contributed by atoms with Crippen molar-refractivity contribution in [1.29, 1.82) is 0 Å². The lowest BCUT2D eigenvalue weighted by atomic mass is 9.69. The predicted octanol–water partition coefficient (Wildman–Crippen LogP) is 0.882. The highest BCUT2D eigenvalue weighted by atomic mass is 16.4. The van der Waals surface area contributed by atoms with Crippen LogP contribution < -0.4 is 10.6 Å². The second-order valence-corrected chi connectivity index (χ2v) is 6.25. The second-order valence-electron chi connectivity index (χ2n) is 6.25. The summed E-state index contributed by atoms with van der Waals surface area (Å²) in [7, 11) is 2.11. The number of hydrogen-bond acceptors (Lipinski definition) is 3. The highest BCUT2D eigenvalue weighted by Crippen LogP contribution is 2.40. The van der Waals surface area contributed by atoms with E-state index in [4.69, 9.17) is 0 Å². The molecule has 0 bridgehead atoms. The summed E-state index contributed by atoms with van der Waals surface area (Å²) in [6, 6.07) is -0.239. The van der Waals surface area contributed by atoms with E-state index in [1.807, 2.05) is 0 Å². The summed E-state index contributed by atoms with van der Waals surface area (Å²) in [5.74, 6) is -0.256. The Morgan fingerprint density at radius 3 is 2.40 bits per heavy atom. The monoisotopic (exact) mass is 283 g/mol. The van der Waals surface area contributed by atoms with Gasteiger partial charge < -0.3 is 20.6 Å². The third kappa shape index (κ3) is 3.62. The molecule has 0 atom stereocenters. The molecule has 1 aliphatic carbocycles. The second kappa shape index (κ2) is 6.43. The lowest BCUT2D eigenvalue weighted by Gasteiger charge is -2.37. The van der Waals surface area contributed by atoms with Gasteiger partial charge in [0.2, 0.25) is 0 Å². The van der Waals surface area contributed by atoms with Crippen molar-refractivity contribution in [2.45, 2.75) is 32.1 Å². The van der Waals surface area contributed by atoms with Crippen LogP contribution in [0.5, 0.6) is 0 Å². The molecule has 3 N–H and O–H groups in total. The first-order chi connectivity index (χ1) is 9.52. The van der Waals surface area contributed by atoms with Crippen LogP contribution in [0, 0.1) is 11.3 Å². The van der Waals surface area contributed by atoms with Gasteiger partial charge in [0, 0.05) is 13.1 Å². The van der Waals surface area contributed by atoms with Crippen molar-refractivity contribution in [3.63, 3.8) is 0 Å². The van der Waals surface area contributed by atoms with Gasteiger partial charge in [0.25, 0.3) is 0 Å². The third-order valence-electron chi connectivity index (χ3n) is 4.74. The molecular formula is C14H25N3O3. The summed E-state index contributed by atoms with van der Waals surface area (Å²) in [6.07, 6.45) is 4.48. The first-order valence-corrected chi connectivity index (χ1v) is 7.45. The molecule has 1 heterocycles. The molecule has 1 saturated heterocycles. The summed E-state index contributed by atoms with van der Waals surface area (Å²) in [6.45, 7) is 3.08. The van der Waals surface area contributed by atoms with E-state index in [0.29, 0.717) is 25.3 Å². The number of nitrogens with zero attached hydrogens (tertiary/aromatic N) is 1. The molecule has 2 fully saturated rings. The molecular weight excluding hydrogens is 258 g/mol. The van der Waals surface area contributed by atoms with Crippen LogP contribution in [0.2, 0.25) is 0 Å². The number of likely N-dealkylation sites (tertiary alicyclic amines) is 1. The van der Waals surface area contributed by atoms with Gasteiger partial charge in [-0.05, 0) is 51.7 Å². The number of aliphatic carboxylic acids is 1. The lowest BCUT2D eigenvalue weighted by molar-refractivity contribution is -0.153. The molecule has 6 heteroatoms. The van der Waals surface area contributed by atoms with Gasteiger partial charge >= 0.3 is 12.0 Å². The third-order valence-corrected chi connectivity index (χ3v) is 4.74. The van der Waals surface area contributed by atoms with E-state index in [1.54, 1.807) is 0 Å². The van der Waals surface area contributed by atoms with Gasteiger partial charge in [-0.3, -0.25) is 4.79 Å². The van der Waals surface area contributed by atoms with Gasteiger partial charge in [-0.25, -0.2) is 4.79 Å². The fourth-order valence-electron chi connectivity index (χ4n) is 2.89. The smallest absolute Gasteiger partial charge is 0.314 e. The van der Waals surface area contributed by atoms with Gasteiger partial charge in [0.05, 0.1) is 5.41 Å². The Labute approximate surface area is 119 Å². The molecule has 0 aromatic carbocycles. The number of carbonyl (C=O) groups is 2. The fourth-order valence-corrected chi connectivity index (χ4v) is 2.89. The van der Waals surface area contributed by atoms with Crippen LogP contribution in [0.4, 0.5) is 4.79 Å². The zero-order valence-electron chi connectivity index (χ0n) is 12.2. The highest BCUT2D eigenvalue weighted by molar-refractivity contribution is 5.78. The van der Waals surface area contributed by atoms with E-state index in [-0.39, 0.29) is 12.6 Å². The Balaban J connectivity index is 1.64. The average molecular weight is 283 g/mol. The summed E-state index contributed by atoms with van der Waals surface area (Å²) < 4.78 is 0. The SMILES string of the molecule is CN1CCC(CNC(=O)NCC2(C(=O)O)CCC2)CC1. The first-order valence-electron chi connectivity index (χ1n) is 7.45. The Bertz CT molecular complexity index is 361. The number of nitrogens with one attached hydrogen (secondary N) is 2. The fraction of sp³-hybridized carbons (Fsp3) is 0.857. The number of rotatable bonds is 5. The van der Waals surface area contributed by atoms with Crippen LogP contribution in [-0.4, -0.2) is 55.2 Å². The molecule has 2 aliphatic rings. The van der Waals surface area contributed by atoms with Crippen LogP contribution in [-0.2, 0) is 4.79 Å². The molecule has 1 saturated carbocycles. The maximum absolute atomic E-state index is 11.7. The molecule has 0 aromatic rings. The maximum atomic E-state index is 11.7. The zero-order chi connectivity index (χ0) is 14.6. The Morgan fingerprint density at radius 1 is 1.25 bits per heavy atom. The molecule has 0 unspecified atom stereocenters. The number of urea groups is 1. The van der Waals surface area contributed by atoms with Crippen molar-refractivity contribution in [1.82, 2.24) is 15.5 Å². The highest BCUT2D eigenvalue weighted by Gasteiger charge is 2.44. The van der Waals surface area contributed by atoms with Gasteiger partial charge in [0.15, 0.2) is 0 Å². The quantitative estimate of drug-likeness (QED) is 0.699. The molecule has 1 aliphatic heterocycles. The van der Waals surface area contributed by atoms with Crippen LogP contribution in [0.3, 0.4) is 0 Å². The van der Waals surface area contributed by atoms with Gasteiger partial charge in [-0.1, -0.05) is 6.42 Å². The minimum Gasteiger partial charge on any atom is -0.481 e. The minimum absolute atomic E-state index is 0.238. The van der Waals surface area contributed by atoms with Crippen LogP contribution in [0.15, 0.2) is 0 Å². The molecule has 20 heavy (non-hydrogen) atoms. The van der Waals surface area contributed by atoms with E-state index >= 15 is 0 Å². The van der Waals surface area contributed by atoms with Crippen molar-refractivity contribution < 1.29 is 14.7 Å².